The van der Waals surface area contributed by atoms with Crippen LogP contribution in [0, 0.1) is 6.92 Å². The standard InChI is InChI=1S/C22H21N3O4/c1-14-9-17(24-23-14)22(26)25-11-20(15-5-3-2-4-6-15)29-21(12-25)16-7-8-18-19(10-16)28-13-27-18/h2-10,20-21H,11-13H2,1H3,(H,23,24)/t20-,21+/m0/s1. The van der Waals surface area contributed by atoms with Crippen molar-refractivity contribution in [3.8, 4) is 11.5 Å². The first-order chi connectivity index (χ1) is 14.2. The maximum atomic E-state index is 13.1. The number of carbonyl (C=O) groups is 1. The number of aromatic amines is 1. The summed E-state index contributed by atoms with van der Waals surface area (Å²) in [6, 6.07) is 17.5. The summed E-state index contributed by atoms with van der Waals surface area (Å²) in [4.78, 5) is 14.9. The van der Waals surface area contributed by atoms with Crippen LogP contribution in [-0.4, -0.2) is 40.9 Å². The third kappa shape index (κ3) is 3.45. The van der Waals surface area contributed by atoms with E-state index in [9.17, 15) is 4.79 Å². The highest BCUT2D eigenvalue weighted by molar-refractivity contribution is 5.92. The number of H-pyrrole nitrogens is 1. The van der Waals surface area contributed by atoms with Crippen LogP contribution in [0.3, 0.4) is 0 Å². The molecule has 3 aromatic rings. The Labute approximate surface area is 168 Å². The first kappa shape index (κ1) is 17.8. The van der Waals surface area contributed by atoms with E-state index in [1.54, 1.807) is 6.07 Å². The highest BCUT2D eigenvalue weighted by atomic mass is 16.7. The van der Waals surface area contributed by atoms with Gasteiger partial charge in [0.05, 0.1) is 13.1 Å². The van der Waals surface area contributed by atoms with Gasteiger partial charge in [-0.3, -0.25) is 9.89 Å². The summed E-state index contributed by atoms with van der Waals surface area (Å²) in [5, 5.41) is 6.98. The van der Waals surface area contributed by atoms with E-state index in [0.717, 1.165) is 22.6 Å². The van der Waals surface area contributed by atoms with E-state index in [-0.39, 0.29) is 24.9 Å². The maximum absolute atomic E-state index is 13.1. The lowest BCUT2D eigenvalue weighted by atomic mass is 10.0. The number of nitrogens with one attached hydrogen (secondary N) is 1. The van der Waals surface area contributed by atoms with Gasteiger partial charge in [0.25, 0.3) is 5.91 Å². The predicted octanol–water partition coefficient (Wildman–Crippen LogP) is 3.40. The van der Waals surface area contributed by atoms with Crippen LogP contribution in [0.1, 0.15) is 39.5 Å². The molecule has 0 spiro atoms. The van der Waals surface area contributed by atoms with Gasteiger partial charge in [-0.05, 0) is 36.2 Å². The average Bonchev–Trinajstić information content (AvgIpc) is 3.41. The molecule has 1 amide bonds. The van der Waals surface area contributed by atoms with Crippen molar-refractivity contribution < 1.29 is 19.0 Å². The molecule has 7 heteroatoms. The Morgan fingerprint density at radius 3 is 2.52 bits per heavy atom. The Morgan fingerprint density at radius 1 is 1.00 bits per heavy atom. The van der Waals surface area contributed by atoms with Gasteiger partial charge in [-0.15, -0.1) is 0 Å². The first-order valence-corrected chi connectivity index (χ1v) is 9.58. The van der Waals surface area contributed by atoms with Gasteiger partial charge < -0.3 is 19.1 Å². The normalized spacial score (nSPS) is 20.7. The van der Waals surface area contributed by atoms with Crippen molar-refractivity contribution in [2.24, 2.45) is 0 Å². The average molecular weight is 391 g/mol. The molecule has 2 aromatic carbocycles. The second-order valence-electron chi connectivity index (χ2n) is 7.28. The lowest BCUT2D eigenvalue weighted by Crippen LogP contribution is -2.43. The summed E-state index contributed by atoms with van der Waals surface area (Å²) in [7, 11) is 0. The van der Waals surface area contributed by atoms with Crippen LogP contribution < -0.4 is 9.47 Å². The van der Waals surface area contributed by atoms with Crippen molar-refractivity contribution >= 4 is 5.91 Å². The fourth-order valence-corrected chi connectivity index (χ4v) is 3.76. The molecular formula is C22H21N3O4. The van der Waals surface area contributed by atoms with Crippen LogP contribution >= 0.6 is 0 Å². The summed E-state index contributed by atoms with van der Waals surface area (Å²) in [6.07, 6.45) is -0.517. The van der Waals surface area contributed by atoms with Crippen LogP contribution in [0.4, 0.5) is 0 Å². The monoisotopic (exact) mass is 391 g/mol. The molecule has 2 atom stereocenters. The molecule has 0 unspecified atom stereocenters. The molecule has 2 aliphatic rings. The largest absolute Gasteiger partial charge is 0.454 e. The van der Waals surface area contributed by atoms with E-state index in [0.29, 0.717) is 24.5 Å². The van der Waals surface area contributed by atoms with Crippen molar-refractivity contribution in [3.63, 3.8) is 0 Å². The lowest BCUT2D eigenvalue weighted by molar-refractivity contribution is -0.0798. The number of nitrogens with zero attached hydrogens (tertiary/aromatic N) is 2. The zero-order valence-corrected chi connectivity index (χ0v) is 16.0. The topological polar surface area (TPSA) is 76.7 Å². The quantitative estimate of drug-likeness (QED) is 0.741. The van der Waals surface area contributed by atoms with Crippen LogP contribution in [0.5, 0.6) is 11.5 Å². The van der Waals surface area contributed by atoms with Crippen molar-refractivity contribution in [2.45, 2.75) is 19.1 Å². The van der Waals surface area contributed by atoms with E-state index in [2.05, 4.69) is 10.2 Å². The van der Waals surface area contributed by atoms with Gasteiger partial charge >= 0.3 is 0 Å². The highest BCUT2D eigenvalue weighted by Gasteiger charge is 2.34. The smallest absolute Gasteiger partial charge is 0.274 e. The van der Waals surface area contributed by atoms with Crippen molar-refractivity contribution in [1.29, 1.82) is 0 Å². The summed E-state index contributed by atoms with van der Waals surface area (Å²) < 4.78 is 17.3. The molecule has 0 saturated carbocycles. The molecule has 2 aliphatic heterocycles. The molecule has 5 rings (SSSR count). The second-order valence-corrected chi connectivity index (χ2v) is 7.28. The van der Waals surface area contributed by atoms with Crippen molar-refractivity contribution in [3.05, 3.63) is 77.1 Å². The number of aryl methyl sites for hydroxylation is 1. The minimum atomic E-state index is -0.285. The molecule has 29 heavy (non-hydrogen) atoms. The SMILES string of the molecule is Cc1cc(C(=O)N2C[C@@H](c3ccccc3)O[C@@H](c3ccc4c(c3)OCO4)C2)n[nH]1. The fourth-order valence-electron chi connectivity index (χ4n) is 3.76. The molecule has 0 aliphatic carbocycles. The minimum Gasteiger partial charge on any atom is -0.454 e. The fraction of sp³-hybridized carbons (Fsp3) is 0.273. The van der Waals surface area contributed by atoms with Gasteiger partial charge in [0, 0.05) is 5.69 Å². The molecule has 7 nitrogen and oxygen atoms in total. The number of aromatic nitrogens is 2. The van der Waals surface area contributed by atoms with E-state index in [4.69, 9.17) is 14.2 Å². The molecule has 1 aromatic heterocycles. The number of benzene rings is 2. The van der Waals surface area contributed by atoms with Crippen LogP contribution in [0.25, 0.3) is 0 Å². The third-order valence-electron chi connectivity index (χ3n) is 5.25. The van der Waals surface area contributed by atoms with Crippen molar-refractivity contribution in [2.75, 3.05) is 19.9 Å². The number of fused-ring (bicyclic) bond motifs is 1. The molecule has 0 radical (unpaired) electrons. The maximum Gasteiger partial charge on any atom is 0.274 e. The Hall–Kier alpha value is -3.32. The number of rotatable bonds is 3. The molecule has 3 heterocycles. The van der Waals surface area contributed by atoms with E-state index < -0.39 is 0 Å². The van der Waals surface area contributed by atoms with Gasteiger partial charge in [0.1, 0.15) is 17.9 Å². The minimum absolute atomic E-state index is 0.107. The molecule has 0 bridgehead atoms. The summed E-state index contributed by atoms with van der Waals surface area (Å²) in [5.41, 5.74) is 3.26. The molecule has 1 fully saturated rings. The Balaban J connectivity index is 1.46. The second kappa shape index (κ2) is 7.25. The number of ether oxygens (including phenoxy) is 3. The van der Waals surface area contributed by atoms with E-state index in [1.165, 1.54) is 0 Å². The van der Waals surface area contributed by atoms with Crippen LogP contribution in [0.15, 0.2) is 54.6 Å². The number of carbonyl (C=O) groups excluding carboxylic acids is 1. The van der Waals surface area contributed by atoms with Crippen LogP contribution in [-0.2, 0) is 4.74 Å². The summed E-state index contributed by atoms with van der Waals surface area (Å²) in [6.45, 7) is 3.01. The summed E-state index contributed by atoms with van der Waals surface area (Å²) in [5.74, 6) is 1.32. The number of hydrogen-bond donors (Lipinski definition) is 1. The molecule has 148 valence electrons. The Morgan fingerprint density at radius 2 is 1.76 bits per heavy atom. The van der Waals surface area contributed by atoms with Crippen LogP contribution in [0.2, 0.25) is 0 Å². The van der Waals surface area contributed by atoms with Gasteiger partial charge in [-0.2, -0.15) is 5.10 Å². The Kier molecular flexibility index (Phi) is 4.44. The van der Waals surface area contributed by atoms with Gasteiger partial charge in [0.15, 0.2) is 11.5 Å². The zero-order chi connectivity index (χ0) is 19.8. The van der Waals surface area contributed by atoms with E-state index in [1.807, 2.05) is 60.4 Å². The number of amides is 1. The molecule has 1 saturated heterocycles. The van der Waals surface area contributed by atoms with Gasteiger partial charge in [-0.25, -0.2) is 0 Å². The van der Waals surface area contributed by atoms with Crippen molar-refractivity contribution in [1.82, 2.24) is 15.1 Å². The predicted molar refractivity (Wildman–Crippen MR) is 105 cm³/mol. The summed E-state index contributed by atoms with van der Waals surface area (Å²) >= 11 is 0. The molecule has 1 N–H and O–H groups in total. The highest BCUT2D eigenvalue weighted by Crippen LogP contribution is 2.38. The Bertz CT molecular complexity index is 1030. The van der Waals surface area contributed by atoms with E-state index >= 15 is 0 Å². The zero-order valence-electron chi connectivity index (χ0n) is 16.0. The molecular weight excluding hydrogens is 370 g/mol. The lowest BCUT2D eigenvalue weighted by Gasteiger charge is -2.38. The number of hydrogen-bond acceptors (Lipinski definition) is 5. The number of morpholine rings is 1. The first-order valence-electron chi connectivity index (χ1n) is 9.58. The van der Waals surface area contributed by atoms with Gasteiger partial charge in [0.2, 0.25) is 6.79 Å². The third-order valence-corrected chi connectivity index (χ3v) is 5.25. The van der Waals surface area contributed by atoms with Gasteiger partial charge in [-0.1, -0.05) is 36.4 Å².